The molecule has 3 heteroatoms. The lowest BCUT2D eigenvalue weighted by molar-refractivity contribution is 0.111. The van der Waals surface area contributed by atoms with Gasteiger partial charge < -0.3 is 4.57 Å². The van der Waals surface area contributed by atoms with Crippen molar-refractivity contribution in [3.63, 3.8) is 0 Å². The van der Waals surface area contributed by atoms with Crippen LogP contribution in [0.4, 0.5) is 0 Å². The zero-order chi connectivity index (χ0) is 12.8. The molecule has 2 aromatic rings. The minimum absolute atomic E-state index is 0.525. The summed E-state index contributed by atoms with van der Waals surface area (Å²) in [6, 6.07) is 10.2. The van der Waals surface area contributed by atoms with Crippen LogP contribution in [0.3, 0.4) is 0 Å². The normalized spacial score (nSPS) is 10.5. The molecule has 0 aliphatic rings. The van der Waals surface area contributed by atoms with Gasteiger partial charge in [0.05, 0.1) is 0 Å². The fourth-order valence-corrected chi connectivity index (χ4v) is 1.98. The third-order valence-corrected chi connectivity index (χ3v) is 2.95. The van der Waals surface area contributed by atoms with Gasteiger partial charge in [-0.05, 0) is 12.0 Å². The number of nitrogens with zero attached hydrogens (tertiary/aromatic N) is 2. The molecule has 0 radical (unpaired) electrons. The van der Waals surface area contributed by atoms with Crippen LogP contribution >= 0.6 is 0 Å². The summed E-state index contributed by atoms with van der Waals surface area (Å²) >= 11 is 0. The number of aromatic nitrogens is 2. The van der Waals surface area contributed by atoms with E-state index in [9.17, 15) is 4.79 Å². The van der Waals surface area contributed by atoms with Crippen LogP contribution in [0.25, 0.3) is 0 Å². The van der Waals surface area contributed by atoms with E-state index < -0.39 is 0 Å². The Labute approximate surface area is 107 Å². The van der Waals surface area contributed by atoms with Crippen LogP contribution < -0.4 is 0 Å². The Bertz CT molecular complexity index is 502. The van der Waals surface area contributed by atoms with Crippen LogP contribution in [0, 0.1) is 0 Å². The van der Waals surface area contributed by atoms with E-state index in [1.54, 1.807) is 0 Å². The molecule has 0 atom stereocenters. The average molecular weight is 242 g/mol. The summed E-state index contributed by atoms with van der Waals surface area (Å²) in [6.07, 6.45) is 5.82. The Morgan fingerprint density at radius 2 is 2.06 bits per heavy atom. The van der Waals surface area contributed by atoms with Crippen molar-refractivity contribution >= 4 is 6.29 Å². The molecule has 1 aromatic heterocycles. The summed E-state index contributed by atoms with van der Waals surface area (Å²) in [4.78, 5) is 15.2. The number of benzene rings is 1. The lowest BCUT2D eigenvalue weighted by Crippen LogP contribution is -2.04. The molecule has 1 aromatic carbocycles. The Morgan fingerprint density at radius 3 is 2.72 bits per heavy atom. The van der Waals surface area contributed by atoms with E-state index in [0.29, 0.717) is 5.69 Å². The molecule has 0 unspecified atom stereocenters. The Kier molecular flexibility index (Phi) is 4.29. The molecule has 1 heterocycles. The summed E-state index contributed by atoms with van der Waals surface area (Å²) in [5, 5.41) is 0. The van der Waals surface area contributed by atoms with E-state index in [1.807, 2.05) is 24.4 Å². The first-order valence-corrected chi connectivity index (χ1v) is 6.38. The SMILES string of the molecule is CCCCc1nc(C=O)cn1Cc1ccccc1. The van der Waals surface area contributed by atoms with Gasteiger partial charge in [0.1, 0.15) is 11.5 Å². The quantitative estimate of drug-likeness (QED) is 0.730. The maximum absolute atomic E-state index is 10.8. The number of rotatable bonds is 6. The molecule has 0 bridgehead atoms. The van der Waals surface area contributed by atoms with Crippen molar-refractivity contribution in [1.29, 1.82) is 0 Å². The van der Waals surface area contributed by atoms with Gasteiger partial charge in [-0.3, -0.25) is 4.79 Å². The predicted octanol–water partition coefficient (Wildman–Crippen LogP) is 3.09. The highest BCUT2D eigenvalue weighted by atomic mass is 16.1. The number of hydrogen-bond acceptors (Lipinski definition) is 2. The van der Waals surface area contributed by atoms with Gasteiger partial charge in [0.25, 0.3) is 0 Å². The molecule has 0 saturated heterocycles. The van der Waals surface area contributed by atoms with Gasteiger partial charge in [-0.25, -0.2) is 4.98 Å². The molecule has 0 N–H and O–H groups in total. The van der Waals surface area contributed by atoms with Crippen molar-refractivity contribution in [2.75, 3.05) is 0 Å². The molecule has 2 rings (SSSR count). The average Bonchev–Trinajstić information content (AvgIpc) is 2.80. The second-order valence-corrected chi connectivity index (χ2v) is 4.42. The zero-order valence-electron chi connectivity index (χ0n) is 10.7. The maximum Gasteiger partial charge on any atom is 0.170 e. The van der Waals surface area contributed by atoms with E-state index in [-0.39, 0.29) is 0 Å². The third kappa shape index (κ3) is 3.06. The van der Waals surface area contributed by atoms with Crippen molar-refractivity contribution in [3.05, 3.63) is 53.6 Å². The van der Waals surface area contributed by atoms with Crippen molar-refractivity contribution in [2.24, 2.45) is 0 Å². The standard InChI is InChI=1S/C15H18N2O/c1-2-3-9-15-16-14(12-18)11-17(15)10-13-7-5-4-6-8-13/h4-8,11-12H,2-3,9-10H2,1H3. The number of aldehydes is 1. The zero-order valence-corrected chi connectivity index (χ0v) is 10.7. The molecule has 0 spiro atoms. The predicted molar refractivity (Wildman–Crippen MR) is 71.8 cm³/mol. The highest BCUT2D eigenvalue weighted by Crippen LogP contribution is 2.10. The highest BCUT2D eigenvalue weighted by molar-refractivity contribution is 5.71. The van der Waals surface area contributed by atoms with E-state index >= 15 is 0 Å². The second-order valence-electron chi connectivity index (χ2n) is 4.42. The van der Waals surface area contributed by atoms with Crippen LogP contribution in [-0.4, -0.2) is 15.8 Å². The molecular formula is C15H18N2O. The Hall–Kier alpha value is -1.90. The summed E-state index contributed by atoms with van der Waals surface area (Å²) in [7, 11) is 0. The number of aryl methyl sites for hydroxylation is 1. The summed E-state index contributed by atoms with van der Waals surface area (Å²) in [5.74, 6) is 1.00. The van der Waals surface area contributed by atoms with Crippen molar-refractivity contribution in [2.45, 2.75) is 32.7 Å². The first kappa shape index (κ1) is 12.6. The first-order valence-electron chi connectivity index (χ1n) is 6.38. The minimum Gasteiger partial charge on any atom is -0.330 e. The van der Waals surface area contributed by atoms with E-state index in [1.165, 1.54) is 5.56 Å². The summed E-state index contributed by atoms with van der Waals surface area (Å²) in [5.41, 5.74) is 1.75. The van der Waals surface area contributed by atoms with Gasteiger partial charge in [0.2, 0.25) is 0 Å². The molecule has 18 heavy (non-hydrogen) atoms. The van der Waals surface area contributed by atoms with E-state index in [4.69, 9.17) is 0 Å². The van der Waals surface area contributed by atoms with E-state index in [0.717, 1.165) is 37.9 Å². The van der Waals surface area contributed by atoms with E-state index in [2.05, 4.69) is 28.6 Å². The summed E-state index contributed by atoms with van der Waals surface area (Å²) < 4.78 is 2.08. The second kappa shape index (κ2) is 6.15. The number of carbonyl (C=O) groups is 1. The molecule has 0 fully saturated rings. The topological polar surface area (TPSA) is 34.9 Å². The van der Waals surface area contributed by atoms with Gasteiger partial charge in [0.15, 0.2) is 6.29 Å². The van der Waals surface area contributed by atoms with Gasteiger partial charge in [-0.15, -0.1) is 0 Å². The van der Waals surface area contributed by atoms with Crippen LogP contribution in [0.2, 0.25) is 0 Å². The molecule has 0 aliphatic heterocycles. The molecule has 3 nitrogen and oxygen atoms in total. The van der Waals surface area contributed by atoms with Gasteiger partial charge in [-0.1, -0.05) is 43.7 Å². The number of hydrogen-bond donors (Lipinski definition) is 0. The van der Waals surface area contributed by atoms with Crippen molar-refractivity contribution in [1.82, 2.24) is 9.55 Å². The van der Waals surface area contributed by atoms with Crippen LogP contribution in [-0.2, 0) is 13.0 Å². The highest BCUT2D eigenvalue weighted by Gasteiger charge is 2.07. The number of imidazole rings is 1. The Morgan fingerprint density at radius 1 is 1.28 bits per heavy atom. The lowest BCUT2D eigenvalue weighted by Gasteiger charge is -2.07. The molecule has 0 amide bonds. The fourth-order valence-electron chi connectivity index (χ4n) is 1.98. The summed E-state index contributed by atoms with van der Waals surface area (Å²) in [6.45, 7) is 2.94. The minimum atomic E-state index is 0.525. The maximum atomic E-state index is 10.8. The van der Waals surface area contributed by atoms with Gasteiger partial charge >= 0.3 is 0 Å². The number of carbonyl (C=O) groups excluding carboxylic acids is 1. The van der Waals surface area contributed by atoms with Crippen molar-refractivity contribution < 1.29 is 4.79 Å². The smallest absolute Gasteiger partial charge is 0.170 e. The Balaban J connectivity index is 2.19. The molecule has 0 saturated carbocycles. The molecule has 94 valence electrons. The number of unbranched alkanes of at least 4 members (excludes halogenated alkanes) is 1. The third-order valence-electron chi connectivity index (χ3n) is 2.95. The molecular weight excluding hydrogens is 224 g/mol. The largest absolute Gasteiger partial charge is 0.330 e. The van der Waals surface area contributed by atoms with Crippen LogP contribution in [0.5, 0.6) is 0 Å². The van der Waals surface area contributed by atoms with Gasteiger partial charge in [0, 0.05) is 19.2 Å². The first-order chi connectivity index (χ1) is 8.83. The van der Waals surface area contributed by atoms with Gasteiger partial charge in [-0.2, -0.15) is 0 Å². The van der Waals surface area contributed by atoms with Crippen LogP contribution in [0.1, 0.15) is 41.6 Å². The fraction of sp³-hybridized carbons (Fsp3) is 0.333. The van der Waals surface area contributed by atoms with Crippen molar-refractivity contribution in [3.8, 4) is 0 Å². The lowest BCUT2D eigenvalue weighted by atomic mass is 10.2. The monoisotopic (exact) mass is 242 g/mol. The van der Waals surface area contributed by atoms with Crippen LogP contribution in [0.15, 0.2) is 36.5 Å². The molecule has 0 aliphatic carbocycles.